The highest BCUT2D eigenvalue weighted by molar-refractivity contribution is 5.55. The van der Waals surface area contributed by atoms with Crippen LogP contribution in [-0.2, 0) is 0 Å². The summed E-state index contributed by atoms with van der Waals surface area (Å²) in [6.07, 6.45) is -9.66. The van der Waals surface area contributed by atoms with Crippen molar-refractivity contribution >= 4 is 11.4 Å². The fourth-order valence-corrected chi connectivity index (χ4v) is 1.71. The number of anilines is 1. The van der Waals surface area contributed by atoms with Crippen LogP contribution in [0.5, 0.6) is 0 Å². The summed E-state index contributed by atoms with van der Waals surface area (Å²) in [4.78, 5) is 9.91. The third kappa shape index (κ3) is 5.48. The molecule has 0 saturated heterocycles. The average molecular weight is 316 g/mol. The summed E-state index contributed by atoms with van der Waals surface area (Å²) < 4.78 is 74.1. The molecule has 0 radical (unpaired) electrons. The van der Waals surface area contributed by atoms with Gasteiger partial charge in [-0.15, -0.1) is 0 Å². The molecule has 0 bridgehead atoms. The van der Waals surface area contributed by atoms with E-state index in [0.29, 0.717) is 0 Å². The molecule has 0 N–H and O–H groups in total. The normalized spacial score (nSPS) is 12.3. The van der Waals surface area contributed by atoms with Crippen molar-refractivity contribution in [2.75, 3.05) is 18.0 Å². The Hall–Kier alpha value is -2.00. The molecule has 0 aliphatic rings. The minimum atomic E-state index is -4.83. The van der Waals surface area contributed by atoms with Gasteiger partial charge in [0, 0.05) is 17.3 Å². The van der Waals surface area contributed by atoms with E-state index in [1.165, 1.54) is 6.92 Å². The first-order valence-corrected chi connectivity index (χ1v) is 5.52. The van der Waals surface area contributed by atoms with Crippen LogP contribution in [0.15, 0.2) is 18.2 Å². The molecule has 0 aromatic heterocycles. The quantitative estimate of drug-likeness (QED) is 0.482. The summed E-state index contributed by atoms with van der Waals surface area (Å²) in [7, 11) is 0. The molecule has 21 heavy (non-hydrogen) atoms. The van der Waals surface area contributed by atoms with Gasteiger partial charge in [-0.05, 0) is 19.1 Å². The van der Waals surface area contributed by atoms with E-state index >= 15 is 0 Å². The van der Waals surface area contributed by atoms with E-state index in [1.54, 1.807) is 0 Å². The highest BCUT2D eigenvalue weighted by atomic mass is 19.4. The lowest BCUT2D eigenvalue weighted by Gasteiger charge is -2.27. The molecule has 1 aromatic rings. The summed E-state index contributed by atoms with van der Waals surface area (Å²) >= 11 is 0. The van der Waals surface area contributed by atoms with Crippen LogP contribution in [0.1, 0.15) is 5.56 Å². The molecule has 1 aromatic carbocycles. The van der Waals surface area contributed by atoms with E-state index in [-0.39, 0.29) is 21.8 Å². The Morgan fingerprint density at radius 1 is 1.10 bits per heavy atom. The molecule has 1 rings (SSSR count). The minimum absolute atomic E-state index is 0.0214. The van der Waals surface area contributed by atoms with E-state index in [0.717, 1.165) is 18.2 Å². The first-order valence-electron chi connectivity index (χ1n) is 5.52. The van der Waals surface area contributed by atoms with Gasteiger partial charge < -0.3 is 4.90 Å². The van der Waals surface area contributed by atoms with Gasteiger partial charge in [0.1, 0.15) is 13.1 Å². The van der Waals surface area contributed by atoms with Crippen LogP contribution in [0, 0.1) is 17.0 Å². The molecule has 4 nitrogen and oxygen atoms in total. The van der Waals surface area contributed by atoms with E-state index in [4.69, 9.17) is 0 Å². The maximum absolute atomic E-state index is 12.4. The predicted molar refractivity (Wildman–Crippen MR) is 62.2 cm³/mol. The van der Waals surface area contributed by atoms with Crippen LogP contribution >= 0.6 is 0 Å². The fraction of sp³-hybridized carbons (Fsp3) is 0.455. The van der Waals surface area contributed by atoms with Gasteiger partial charge in [-0.25, -0.2) is 0 Å². The van der Waals surface area contributed by atoms with Gasteiger partial charge in [-0.2, -0.15) is 26.3 Å². The predicted octanol–water partition coefficient (Wildman–Crippen LogP) is 3.83. The van der Waals surface area contributed by atoms with E-state index in [1.807, 2.05) is 0 Å². The van der Waals surface area contributed by atoms with Gasteiger partial charge >= 0.3 is 12.4 Å². The van der Waals surface area contributed by atoms with Crippen molar-refractivity contribution in [2.24, 2.45) is 0 Å². The Labute approximate surface area is 115 Å². The van der Waals surface area contributed by atoms with Gasteiger partial charge in [-0.3, -0.25) is 10.1 Å². The number of hydrogen-bond acceptors (Lipinski definition) is 3. The van der Waals surface area contributed by atoms with Gasteiger partial charge in [0.2, 0.25) is 0 Å². The maximum Gasteiger partial charge on any atom is 0.405 e. The van der Waals surface area contributed by atoms with Crippen molar-refractivity contribution in [1.29, 1.82) is 0 Å². The van der Waals surface area contributed by atoms with Crippen LogP contribution in [0.4, 0.5) is 37.7 Å². The van der Waals surface area contributed by atoms with Crippen molar-refractivity contribution in [3.8, 4) is 0 Å². The van der Waals surface area contributed by atoms with E-state index < -0.39 is 30.4 Å². The van der Waals surface area contributed by atoms with Crippen molar-refractivity contribution < 1.29 is 31.3 Å². The Morgan fingerprint density at radius 2 is 1.57 bits per heavy atom. The minimum Gasteiger partial charge on any atom is -0.353 e. The van der Waals surface area contributed by atoms with Crippen LogP contribution in [0.2, 0.25) is 0 Å². The molecule has 10 heteroatoms. The molecule has 0 atom stereocenters. The van der Waals surface area contributed by atoms with Gasteiger partial charge in [0.05, 0.1) is 4.92 Å². The van der Waals surface area contributed by atoms with Crippen molar-refractivity contribution in [1.82, 2.24) is 0 Å². The topological polar surface area (TPSA) is 46.4 Å². The highest BCUT2D eigenvalue weighted by Crippen LogP contribution is 2.29. The summed E-state index contributed by atoms with van der Waals surface area (Å²) in [5.41, 5.74) is -0.780. The van der Waals surface area contributed by atoms with Crippen LogP contribution in [-0.4, -0.2) is 30.4 Å². The number of nitro benzene ring substituents is 1. The zero-order valence-corrected chi connectivity index (χ0v) is 10.6. The zero-order valence-electron chi connectivity index (χ0n) is 10.6. The number of nitrogens with zero attached hydrogens (tertiary/aromatic N) is 2. The Bertz CT molecular complexity index is 510. The van der Waals surface area contributed by atoms with Crippen molar-refractivity contribution in [3.63, 3.8) is 0 Å². The highest BCUT2D eigenvalue weighted by Gasteiger charge is 2.37. The van der Waals surface area contributed by atoms with E-state index in [9.17, 15) is 36.5 Å². The monoisotopic (exact) mass is 316 g/mol. The molecule has 0 fully saturated rings. The third-order valence-electron chi connectivity index (χ3n) is 2.48. The first kappa shape index (κ1) is 17.1. The van der Waals surface area contributed by atoms with Crippen LogP contribution < -0.4 is 4.90 Å². The van der Waals surface area contributed by atoms with Gasteiger partial charge in [0.15, 0.2) is 0 Å². The summed E-state index contributed by atoms with van der Waals surface area (Å²) in [6.45, 7) is -2.37. The number of hydrogen-bond donors (Lipinski definition) is 0. The van der Waals surface area contributed by atoms with Crippen LogP contribution in [0.25, 0.3) is 0 Å². The Balaban J connectivity index is 3.14. The molecule has 0 heterocycles. The van der Waals surface area contributed by atoms with Gasteiger partial charge in [0.25, 0.3) is 5.69 Å². The van der Waals surface area contributed by atoms with Crippen LogP contribution in [0.3, 0.4) is 0 Å². The maximum atomic E-state index is 12.4. The third-order valence-corrected chi connectivity index (χ3v) is 2.48. The molecule has 0 unspecified atom stereocenters. The molecule has 0 amide bonds. The van der Waals surface area contributed by atoms with Crippen molar-refractivity contribution in [3.05, 3.63) is 33.9 Å². The van der Waals surface area contributed by atoms with Crippen molar-refractivity contribution in [2.45, 2.75) is 19.3 Å². The number of rotatable bonds is 4. The first-order chi connectivity index (χ1) is 9.39. The Kier molecular flexibility index (Phi) is 4.69. The number of nitro groups is 1. The number of halogens is 6. The SMILES string of the molecule is Cc1cc(N(CC(F)(F)F)CC(F)(F)F)ccc1[N+](=O)[O-]. The average Bonchev–Trinajstić information content (AvgIpc) is 2.23. The fourth-order valence-electron chi connectivity index (χ4n) is 1.71. The number of alkyl halides is 6. The molecule has 0 saturated carbocycles. The van der Waals surface area contributed by atoms with E-state index in [2.05, 4.69) is 0 Å². The second-order valence-electron chi connectivity index (χ2n) is 4.31. The molecule has 0 spiro atoms. The van der Waals surface area contributed by atoms with Gasteiger partial charge in [-0.1, -0.05) is 0 Å². The summed E-state index contributed by atoms with van der Waals surface area (Å²) in [6, 6.07) is 2.67. The Morgan fingerprint density at radius 3 is 1.90 bits per heavy atom. The molecule has 0 aliphatic heterocycles. The largest absolute Gasteiger partial charge is 0.405 e. The summed E-state index contributed by atoms with van der Waals surface area (Å²) in [5, 5.41) is 10.6. The number of benzene rings is 1. The lowest BCUT2D eigenvalue weighted by Crippen LogP contribution is -2.40. The summed E-state index contributed by atoms with van der Waals surface area (Å²) in [5.74, 6) is 0. The molecular weight excluding hydrogens is 306 g/mol. The zero-order chi connectivity index (χ0) is 16.4. The smallest absolute Gasteiger partial charge is 0.353 e. The molecule has 0 aliphatic carbocycles. The second kappa shape index (κ2) is 5.78. The molecule has 118 valence electrons. The lowest BCUT2D eigenvalue weighted by atomic mass is 10.1. The standard InChI is InChI=1S/C11H10F6N2O2/c1-7-4-8(2-3-9(7)19(20)21)18(5-10(12,13)14)6-11(15,16)17/h2-4H,5-6H2,1H3. The molecular formula is C11H10F6N2O2. The number of aryl methyl sites for hydroxylation is 1. The second-order valence-corrected chi connectivity index (χ2v) is 4.31. The lowest BCUT2D eigenvalue weighted by molar-refractivity contribution is -0.385.